The van der Waals surface area contributed by atoms with E-state index in [0.717, 1.165) is 65.4 Å². The van der Waals surface area contributed by atoms with Gasteiger partial charge in [-0.15, -0.1) is 0 Å². The number of nitrogens with one attached hydrogen (secondary N) is 3. The number of likely N-dealkylation sites (tertiary alicyclic amines) is 1. The number of allylic oxidation sites excluding steroid dienone is 1. The summed E-state index contributed by atoms with van der Waals surface area (Å²) in [5.41, 5.74) is -0.641. The van der Waals surface area contributed by atoms with Crippen LogP contribution in [0.25, 0.3) is 0 Å². The van der Waals surface area contributed by atoms with Crippen molar-refractivity contribution in [1.29, 1.82) is 0 Å². The van der Waals surface area contributed by atoms with E-state index >= 15 is 4.79 Å². The molecule has 540 valence electrons. The molecule has 0 unspecified atom stereocenters. The summed E-state index contributed by atoms with van der Waals surface area (Å²) in [6, 6.07) is -8.07. The second kappa shape index (κ2) is 34.4. The van der Waals surface area contributed by atoms with Crippen LogP contribution in [0.15, 0.2) is 29.5 Å². The van der Waals surface area contributed by atoms with Crippen LogP contribution in [-0.4, -0.2) is 244 Å². The lowest BCUT2D eigenvalue weighted by molar-refractivity contribution is -0.160. The van der Waals surface area contributed by atoms with Crippen molar-refractivity contribution in [2.45, 2.75) is 225 Å². The number of carbonyl (C=O) groups is 12. The van der Waals surface area contributed by atoms with Crippen molar-refractivity contribution in [2.75, 3.05) is 75.0 Å². The Morgan fingerprint density at radius 1 is 0.649 bits per heavy atom. The Bertz CT molecular complexity index is 3120. The van der Waals surface area contributed by atoms with E-state index in [0.29, 0.717) is 44.3 Å². The minimum atomic E-state index is -4.76. The van der Waals surface area contributed by atoms with Crippen LogP contribution in [-0.2, 0) is 70.1 Å². The fraction of sp³-hybridized carbons (Fsp3) is 0.710. The molecule has 1 aliphatic carbocycles. The molecule has 0 spiro atoms. The van der Waals surface area contributed by atoms with Gasteiger partial charge in [0.2, 0.25) is 65.0 Å². The predicted octanol–water partition coefficient (Wildman–Crippen LogP) is 5.38. The first kappa shape index (κ1) is 78.7. The Hall–Kier alpha value is -7.32. The summed E-state index contributed by atoms with van der Waals surface area (Å²) in [5.74, 6) is -8.85. The smallest absolute Gasteiger partial charge is 0.343 e. The van der Waals surface area contributed by atoms with Gasteiger partial charge in [-0.05, 0) is 133 Å². The lowest BCUT2D eigenvalue weighted by atomic mass is 9.84. The van der Waals surface area contributed by atoms with Gasteiger partial charge < -0.3 is 60.0 Å². The summed E-state index contributed by atoms with van der Waals surface area (Å²) in [4.78, 5) is 188. The second-order valence-electron chi connectivity index (χ2n) is 28.0. The van der Waals surface area contributed by atoms with E-state index in [9.17, 15) is 65.9 Å². The predicted molar refractivity (Wildman–Crippen MR) is 357 cm³/mol. The third kappa shape index (κ3) is 19.3. The molecule has 0 aromatic heterocycles. The van der Waals surface area contributed by atoms with Crippen molar-refractivity contribution < 1.29 is 70.7 Å². The molecule has 1 aromatic rings. The van der Waals surface area contributed by atoms with E-state index in [-0.39, 0.29) is 74.7 Å². The molecule has 97 heavy (non-hydrogen) atoms. The number of halogens is 4. The highest BCUT2D eigenvalue weighted by Gasteiger charge is 2.47. The lowest BCUT2D eigenvalue weighted by Crippen LogP contribution is -2.65. The third-order valence-corrected chi connectivity index (χ3v) is 20.7. The summed E-state index contributed by atoms with van der Waals surface area (Å²) in [5, 5.41) is 7.75. The number of nitrogens with zero attached hydrogens (tertiary/aromatic N) is 9. The molecule has 3 N–H and O–H groups in total. The van der Waals surface area contributed by atoms with Crippen LogP contribution < -0.4 is 16.0 Å². The molecule has 4 aliphatic heterocycles. The fourth-order valence-corrected chi connectivity index (χ4v) is 14.2. The summed E-state index contributed by atoms with van der Waals surface area (Å²) >= 11 is 6.12. The molecule has 0 bridgehead atoms. The molecule has 0 radical (unpaired) electrons. The Kier molecular flexibility index (Phi) is 27.9. The molecular formula is C69H104ClF3N12O12. The van der Waals surface area contributed by atoms with Crippen molar-refractivity contribution >= 4 is 82.5 Å². The van der Waals surface area contributed by atoms with Gasteiger partial charge in [-0.3, -0.25) is 57.5 Å². The maximum absolute atomic E-state index is 15.1. The maximum Gasteiger partial charge on any atom is 0.417 e. The fourth-order valence-electron chi connectivity index (χ4n) is 13.9. The Morgan fingerprint density at radius 2 is 1.28 bits per heavy atom. The number of aryl methyl sites for hydroxylation is 1. The normalized spacial score (nSPS) is 27.0. The molecule has 6 rings (SSSR count). The number of hydrogen-bond donors (Lipinski definition) is 3. The van der Waals surface area contributed by atoms with Crippen molar-refractivity contribution in [1.82, 2.24) is 60.0 Å². The lowest BCUT2D eigenvalue weighted by Gasteiger charge is -2.45. The molecule has 24 nitrogen and oxygen atoms in total. The summed E-state index contributed by atoms with van der Waals surface area (Å²) in [6.07, 6.45) is 2.26. The highest BCUT2D eigenvalue weighted by Crippen LogP contribution is 2.36. The molecule has 4 saturated heterocycles. The third-order valence-electron chi connectivity index (χ3n) is 20.4. The minimum absolute atomic E-state index is 0.0135. The van der Waals surface area contributed by atoms with Gasteiger partial charge in [0.05, 0.1) is 23.6 Å². The number of likely N-dealkylation sites (N-methyl/N-ethyl adjacent to an activating group) is 6. The summed E-state index contributed by atoms with van der Waals surface area (Å²) in [6.45, 7) is 13.6. The average Bonchev–Trinajstić information content (AvgIpc) is 1.21. The van der Waals surface area contributed by atoms with Crippen LogP contribution in [0.1, 0.15) is 169 Å². The van der Waals surface area contributed by atoms with E-state index in [4.69, 9.17) is 11.6 Å². The van der Waals surface area contributed by atoms with E-state index in [1.165, 1.54) is 86.7 Å². The van der Waals surface area contributed by atoms with Gasteiger partial charge >= 0.3 is 6.18 Å². The maximum atomic E-state index is 15.1. The van der Waals surface area contributed by atoms with E-state index in [1.807, 2.05) is 20.8 Å². The molecule has 10 atom stereocenters. The topological polar surface area (TPSA) is 270 Å². The molecule has 28 heteroatoms. The van der Waals surface area contributed by atoms with Crippen molar-refractivity contribution in [3.63, 3.8) is 0 Å². The zero-order valence-corrected chi connectivity index (χ0v) is 59.9. The van der Waals surface area contributed by atoms with Gasteiger partial charge in [-0.25, -0.2) is 0 Å². The number of amides is 12. The van der Waals surface area contributed by atoms with Crippen LogP contribution in [0.4, 0.5) is 13.2 Å². The van der Waals surface area contributed by atoms with Crippen molar-refractivity contribution in [3.8, 4) is 0 Å². The Morgan fingerprint density at radius 3 is 1.86 bits per heavy atom. The zero-order valence-electron chi connectivity index (χ0n) is 59.2. The molecular weight excluding hydrogens is 1280 g/mol. The standard InChI is InChI=1S/C69H104ClF3N12O12/c1-15-42(6)57-67(96)78(10)44(8)62(91)85-34-30-51(85)65(94)80(12)53(37-45-23-18-16-19-24-45)64(93)77(9)39-55(86)75-49(29-27-46-26-28-47(48(70)36-46)69(71,72)73)63(92)84-33-22-25-50(84)59(88)74-43(7)61(90)82(14)58(41(4)5)68(97)81(13)54(66(95)83-31-20-17-21-32-83)38-56(87)79(11)52(35-40(2)3)60(89)76-57/h26,28,36,40,42-45,49-54,57H,15-25,27,29-35,37-39H2,1-14H3,(H,74,88)(H,75,86)(H,76,89)/t42-,43+,44-,49-,50-,51-,52-,53-,54-,57-/m0/s1. The number of alkyl halides is 3. The van der Waals surface area contributed by atoms with E-state index < -0.39 is 161 Å². The monoisotopic (exact) mass is 1380 g/mol. The zero-order chi connectivity index (χ0) is 72.2. The molecule has 5 fully saturated rings. The Balaban J connectivity index is 1.41. The summed E-state index contributed by atoms with van der Waals surface area (Å²) < 4.78 is 41.4. The quantitative estimate of drug-likeness (QED) is 0.250. The van der Waals surface area contributed by atoms with Gasteiger partial charge in [0, 0.05) is 68.5 Å². The highest BCUT2D eigenvalue weighted by atomic mass is 35.5. The number of carbonyl (C=O) groups excluding carboxylic acids is 12. The molecule has 5 aliphatic rings. The average molecular weight is 1390 g/mol. The van der Waals surface area contributed by atoms with Gasteiger partial charge in [0.1, 0.15) is 60.1 Å². The number of fused-ring (bicyclic) bond motifs is 2. The first-order valence-corrected chi connectivity index (χ1v) is 34.8. The van der Waals surface area contributed by atoms with Crippen LogP contribution in [0.5, 0.6) is 0 Å². The van der Waals surface area contributed by atoms with Crippen LogP contribution in [0.3, 0.4) is 0 Å². The number of piperidine rings is 1. The highest BCUT2D eigenvalue weighted by molar-refractivity contribution is 6.31. The SMILES string of the molecule is CC[C@H](C)[C@@H]1NC(=O)[C@H](CC(C)C)N(C)C(=O)C[C@@H](C(=O)N2CCCCC2)N(C)C(=O)C(=C(C)C)N(C)C(=O)[C@@H](C)NC(=O)[C@@H]2CCCN2C(=O)[C@H](CCc2ccc(C(F)(F)F)c(Cl)c2)NC(=O)CN(C)C(=O)[C@H](CC2CCCCC2)N(C)C(=O)[C@@H]2CCN2C(=O)[C@H](C)N(C)C1=O. The summed E-state index contributed by atoms with van der Waals surface area (Å²) in [7, 11) is 8.36. The van der Waals surface area contributed by atoms with Crippen LogP contribution in [0, 0.1) is 17.8 Å². The van der Waals surface area contributed by atoms with Gasteiger partial charge in [-0.1, -0.05) is 83.9 Å². The first-order chi connectivity index (χ1) is 45.5. The second-order valence-corrected chi connectivity index (χ2v) is 28.4. The van der Waals surface area contributed by atoms with Crippen LogP contribution >= 0.6 is 11.6 Å². The number of benzene rings is 1. The first-order valence-electron chi connectivity index (χ1n) is 34.4. The number of hydrogen-bond acceptors (Lipinski definition) is 12. The molecule has 4 heterocycles. The Labute approximate surface area is 574 Å². The molecule has 1 saturated carbocycles. The van der Waals surface area contributed by atoms with Gasteiger partial charge in [0.25, 0.3) is 5.91 Å². The van der Waals surface area contributed by atoms with Crippen molar-refractivity contribution in [2.24, 2.45) is 17.8 Å². The van der Waals surface area contributed by atoms with E-state index in [2.05, 4.69) is 16.0 Å². The molecule has 1 aromatic carbocycles. The van der Waals surface area contributed by atoms with Crippen molar-refractivity contribution in [3.05, 3.63) is 45.6 Å². The van der Waals surface area contributed by atoms with E-state index in [1.54, 1.807) is 25.7 Å². The molecule has 12 amide bonds. The van der Waals surface area contributed by atoms with Crippen LogP contribution in [0.2, 0.25) is 5.02 Å². The largest absolute Gasteiger partial charge is 0.417 e. The van der Waals surface area contributed by atoms with Gasteiger partial charge in [0.15, 0.2) is 0 Å². The number of rotatable bonds is 10. The van der Waals surface area contributed by atoms with Gasteiger partial charge in [-0.2, -0.15) is 13.2 Å². The minimum Gasteiger partial charge on any atom is -0.343 e.